The average Bonchev–Trinajstić information content (AvgIpc) is 2.76. The second kappa shape index (κ2) is 4.39. The van der Waals surface area contributed by atoms with E-state index in [9.17, 15) is 14.9 Å². The van der Waals surface area contributed by atoms with Crippen molar-refractivity contribution in [2.75, 3.05) is 6.54 Å². The number of carbonyl (C=O) groups excluding carboxylic acids is 1. The lowest BCUT2D eigenvalue weighted by Crippen LogP contribution is -2.42. The molecule has 0 radical (unpaired) electrons. The summed E-state index contributed by atoms with van der Waals surface area (Å²) >= 11 is 0. The maximum atomic E-state index is 11.3. The lowest BCUT2D eigenvalue weighted by Gasteiger charge is -2.28. The van der Waals surface area contributed by atoms with E-state index in [4.69, 9.17) is 0 Å². The summed E-state index contributed by atoms with van der Waals surface area (Å²) < 4.78 is 0. The van der Waals surface area contributed by atoms with Crippen LogP contribution in [-0.4, -0.2) is 23.4 Å². The number of fused-ring (bicyclic) bond motifs is 2. The standard InChI is InChI=1S/C11H18N2O3/c1-7(12-11(14)6-13(15)16)10-5-8-2-3-9(10)4-8/h7-10H,2-6H2,1H3,(H,12,14). The lowest BCUT2D eigenvalue weighted by atomic mass is 9.84. The van der Waals surface area contributed by atoms with Gasteiger partial charge in [-0.05, 0) is 43.9 Å². The van der Waals surface area contributed by atoms with E-state index in [2.05, 4.69) is 5.32 Å². The van der Waals surface area contributed by atoms with E-state index in [1.165, 1.54) is 25.7 Å². The zero-order valence-corrected chi connectivity index (χ0v) is 9.52. The molecule has 4 unspecified atom stereocenters. The van der Waals surface area contributed by atoms with Crippen molar-refractivity contribution >= 4 is 5.91 Å². The van der Waals surface area contributed by atoms with Crippen molar-refractivity contribution in [1.82, 2.24) is 5.32 Å². The second-order valence-electron chi connectivity index (χ2n) is 5.19. The van der Waals surface area contributed by atoms with E-state index in [1.807, 2.05) is 6.92 Å². The van der Waals surface area contributed by atoms with Crippen molar-refractivity contribution in [1.29, 1.82) is 0 Å². The Morgan fingerprint density at radius 1 is 1.50 bits per heavy atom. The summed E-state index contributed by atoms with van der Waals surface area (Å²) in [7, 11) is 0. The van der Waals surface area contributed by atoms with Gasteiger partial charge in [-0.3, -0.25) is 14.9 Å². The van der Waals surface area contributed by atoms with Crippen LogP contribution in [0.3, 0.4) is 0 Å². The highest BCUT2D eigenvalue weighted by Crippen LogP contribution is 2.49. The molecule has 5 heteroatoms. The molecule has 1 N–H and O–H groups in total. The normalized spacial score (nSPS) is 33.7. The van der Waals surface area contributed by atoms with Gasteiger partial charge in [-0.2, -0.15) is 0 Å². The van der Waals surface area contributed by atoms with Gasteiger partial charge in [0.05, 0.1) is 0 Å². The number of nitrogens with one attached hydrogen (secondary N) is 1. The Morgan fingerprint density at radius 3 is 2.75 bits per heavy atom. The number of nitro groups is 1. The molecule has 1 amide bonds. The quantitative estimate of drug-likeness (QED) is 0.578. The summed E-state index contributed by atoms with van der Waals surface area (Å²) in [6.45, 7) is 1.37. The van der Waals surface area contributed by atoms with Crippen LogP contribution in [0.25, 0.3) is 0 Å². The monoisotopic (exact) mass is 226 g/mol. The first-order valence-electron chi connectivity index (χ1n) is 5.97. The van der Waals surface area contributed by atoms with Crippen LogP contribution < -0.4 is 5.32 Å². The number of amides is 1. The number of carbonyl (C=O) groups is 1. The average molecular weight is 226 g/mol. The van der Waals surface area contributed by atoms with E-state index in [1.54, 1.807) is 0 Å². The van der Waals surface area contributed by atoms with Gasteiger partial charge in [0.2, 0.25) is 0 Å². The van der Waals surface area contributed by atoms with Gasteiger partial charge in [0, 0.05) is 11.0 Å². The van der Waals surface area contributed by atoms with E-state index < -0.39 is 17.4 Å². The first kappa shape index (κ1) is 11.4. The third-order valence-electron chi connectivity index (χ3n) is 4.10. The molecule has 2 fully saturated rings. The van der Waals surface area contributed by atoms with Gasteiger partial charge in [-0.25, -0.2) is 0 Å². The van der Waals surface area contributed by atoms with Crippen molar-refractivity contribution in [3.8, 4) is 0 Å². The van der Waals surface area contributed by atoms with Crippen LogP contribution in [0.4, 0.5) is 0 Å². The third-order valence-corrected chi connectivity index (χ3v) is 4.10. The molecule has 0 saturated heterocycles. The first-order valence-corrected chi connectivity index (χ1v) is 5.97. The molecule has 90 valence electrons. The molecular formula is C11H18N2O3. The smallest absolute Gasteiger partial charge is 0.291 e. The van der Waals surface area contributed by atoms with Gasteiger partial charge in [-0.15, -0.1) is 0 Å². The van der Waals surface area contributed by atoms with Gasteiger partial charge < -0.3 is 5.32 Å². The Bertz CT molecular complexity index is 306. The van der Waals surface area contributed by atoms with Crippen LogP contribution in [0.1, 0.15) is 32.6 Å². The zero-order valence-electron chi connectivity index (χ0n) is 9.52. The molecule has 0 aromatic rings. The summed E-state index contributed by atoms with van der Waals surface area (Å²) in [5.41, 5.74) is 0. The minimum absolute atomic E-state index is 0.0859. The zero-order chi connectivity index (χ0) is 11.7. The van der Waals surface area contributed by atoms with Gasteiger partial charge in [0.25, 0.3) is 12.5 Å². The molecule has 2 saturated carbocycles. The largest absolute Gasteiger partial charge is 0.348 e. The van der Waals surface area contributed by atoms with Crippen molar-refractivity contribution in [2.24, 2.45) is 17.8 Å². The lowest BCUT2D eigenvalue weighted by molar-refractivity contribution is -0.467. The minimum atomic E-state index is -0.606. The third kappa shape index (κ3) is 2.33. The van der Waals surface area contributed by atoms with Crippen molar-refractivity contribution in [2.45, 2.75) is 38.6 Å². The fourth-order valence-corrected chi connectivity index (χ4v) is 3.43. The molecule has 16 heavy (non-hydrogen) atoms. The van der Waals surface area contributed by atoms with Crippen LogP contribution in [0.5, 0.6) is 0 Å². The van der Waals surface area contributed by atoms with E-state index in [-0.39, 0.29) is 6.04 Å². The minimum Gasteiger partial charge on any atom is -0.348 e. The maximum Gasteiger partial charge on any atom is 0.291 e. The van der Waals surface area contributed by atoms with Crippen molar-refractivity contribution in [3.63, 3.8) is 0 Å². The number of hydrogen-bond donors (Lipinski definition) is 1. The van der Waals surface area contributed by atoms with E-state index in [0.717, 1.165) is 11.8 Å². The number of hydrogen-bond acceptors (Lipinski definition) is 3. The molecule has 2 aliphatic rings. The summed E-state index contributed by atoms with van der Waals surface area (Å²) in [5.74, 6) is 1.65. The fourth-order valence-electron chi connectivity index (χ4n) is 3.43. The predicted molar refractivity (Wildman–Crippen MR) is 58.4 cm³/mol. The molecule has 0 aromatic heterocycles. The summed E-state index contributed by atoms with van der Waals surface area (Å²) in [6, 6.07) is 0.0859. The highest BCUT2D eigenvalue weighted by molar-refractivity contribution is 5.77. The van der Waals surface area contributed by atoms with Crippen LogP contribution in [-0.2, 0) is 4.79 Å². The van der Waals surface area contributed by atoms with Crippen molar-refractivity contribution in [3.05, 3.63) is 10.1 Å². The maximum absolute atomic E-state index is 11.3. The van der Waals surface area contributed by atoms with Gasteiger partial charge in [0.15, 0.2) is 0 Å². The molecule has 2 bridgehead atoms. The molecule has 2 aliphatic carbocycles. The summed E-state index contributed by atoms with van der Waals surface area (Å²) in [6.07, 6.45) is 5.08. The molecule has 0 spiro atoms. The van der Waals surface area contributed by atoms with Crippen molar-refractivity contribution < 1.29 is 9.72 Å². The van der Waals surface area contributed by atoms with Crippen LogP contribution in [0.2, 0.25) is 0 Å². The number of nitrogens with zero attached hydrogens (tertiary/aromatic N) is 1. The molecule has 2 rings (SSSR count). The van der Waals surface area contributed by atoms with Gasteiger partial charge >= 0.3 is 0 Å². The highest BCUT2D eigenvalue weighted by Gasteiger charge is 2.42. The Labute approximate surface area is 94.7 Å². The van der Waals surface area contributed by atoms with Gasteiger partial charge in [-0.1, -0.05) is 6.42 Å². The van der Waals surface area contributed by atoms with E-state index in [0.29, 0.717) is 5.92 Å². The summed E-state index contributed by atoms with van der Waals surface area (Å²) in [5, 5.41) is 12.9. The molecule has 4 atom stereocenters. The highest BCUT2D eigenvalue weighted by atomic mass is 16.6. The molecule has 5 nitrogen and oxygen atoms in total. The molecule has 0 aromatic carbocycles. The Kier molecular flexibility index (Phi) is 3.12. The SMILES string of the molecule is CC(NC(=O)C[N+](=O)[O-])C1CC2CCC1C2. The Morgan fingerprint density at radius 2 is 2.25 bits per heavy atom. The Balaban J connectivity index is 1.82. The number of rotatable bonds is 4. The van der Waals surface area contributed by atoms with Crippen LogP contribution >= 0.6 is 0 Å². The van der Waals surface area contributed by atoms with Crippen LogP contribution in [0.15, 0.2) is 0 Å². The predicted octanol–water partition coefficient (Wildman–Crippen LogP) is 1.20. The molecular weight excluding hydrogens is 208 g/mol. The fraction of sp³-hybridized carbons (Fsp3) is 0.909. The van der Waals surface area contributed by atoms with Gasteiger partial charge in [0.1, 0.15) is 0 Å². The first-order chi connectivity index (χ1) is 7.56. The topological polar surface area (TPSA) is 72.2 Å². The molecule has 0 aliphatic heterocycles. The summed E-state index contributed by atoms with van der Waals surface area (Å²) in [4.78, 5) is 20.9. The van der Waals surface area contributed by atoms with E-state index >= 15 is 0 Å². The second-order valence-corrected chi connectivity index (χ2v) is 5.19. The molecule has 0 heterocycles. The van der Waals surface area contributed by atoms with Crippen LogP contribution in [0, 0.1) is 27.9 Å². The Hall–Kier alpha value is -1.13.